The number of amides is 2. The highest BCUT2D eigenvalue weighted by atomic mass is 16.2. The number of rotatable bonds is 2. The number of hydrogen-bond donors (Lipinski definition) is 2. The maximum absolute atomic E-state index is 10.9. The van der Waals surface area contributed by atoms with Crippen LogP contribution in [0.3, 0.4) is 0 Å². The van der Waals surface area contributed by atoms with Crippen molar-refractivity contribution in [2.24, 2.45) is 0 Å². The first kappa shape index (κ1) is 7.86. The standard InChI is InChI=1S/C7H11N3O/c1-5(4-8)9-7(11)10-6-2-3-6/h5-6H,2-3H2,1H3,(H2,9,10,11). The summed E-state index contributed by atoms with van der Waals surface area (Å²) in [6.07, 6.45) is 2.13. The van der Waals surface area contributed by atoms with Gasteiger partial charge in [-0.05, 0) is 19.8 Å². The second-order valence-electron chi connectivity index (χ2n) is 2.74. The van der Waals surface area contributed by atoms with E-state index in [4.69, 9.17) is 5.26 Å². The molecule has 4 nitrogen and oxygen atoms in total. The minimum absolute atomic E-state index is 0.235. The molecular weight excluding hydrogens is 142 g/mol. The van der Waals surface area contributed by atoms with Crippen LogP contribution in [-0.2, 0) is 0 Å². The molecule has 1 unspecified atom stereocenters. The monoisotopic (exact) mass is 153 g/mol. The maximum atomic E-state index is 10.9. The highest BCUT2D eigenvalue weighted by molar-refractivity contribution is 5.75. The summed E-state index contributed by atoms with van der Waals surface area (Å²) in [7, 11) is 0. The van der Waals surface area contributed by atoms with E-state index in [9.17, 15) is 4.79 Å². The molecule has 1 aliphatic carbocycles. The molecule has 60 valence electrons. The third-order valence-electron chi connectivity index (χ3n) is 1.45. The third-order valence-corrected chi connectivity index (χ3v) is 1.45. The molecule has 11 heavy (non-hydrogen) atoms. The Morgan fingerprint density at radius 1 is 1.73 bits per heavy atom. The van der Waals surface area contributed by atoms with Gasteiger partial charge in [0.05, 0.1) is 6.07 Å². The van der Waals surface area contributed by atoms with Crippen LogP contribution in [0.1, 0.15) is 19.8 Å². The van der Waals surface area contributed by atoms with Crippen molar-refractivity contribution in [1.82, 2.24) is 10.6 Å². The molecule has 2 N–H and O–H groups in total. The lowest BCUT2D eigenvalue weighted by molar-refractivity contribution is 0.239. The molecule has 0 saturated heterocycles. The quantitative estimate of drug-likeness (QED) is 0.601. The first-order valence-electron chi connectivity index (χ1n) is 3.69. The highest BCUT2D eigenvalue weighted by Gasteiger charge is 2.23. The average Bonchev–Trinajstić information content (AvgIpc) is 2.71. The van der Waals surface area contributed by atoms with Crippen molar-refractivity contribution >= 4 is 6.03 Å². The largest absolute Gasteiger partial charge is 0.335 e. The number of carbonyl (C=O) groups is 1. The molecule has 4 heteroatoms. The van der Waals surface area contributed by atoms with E-state index in [0.717, 1.165) is 12.8 Å². The van der Waals surface area contributed by atoms with E-state index in [-0.39, 0.29) is 6.03 Å². The fourth-order valence-electron chi connectivity index (χ4n) is 0.684. The van der Waals surface area contributed by atoms with Crippen LogP contribution in [0.25, 0.3) is 0 Å². The second-order valence-corrected chi connectivity index (χ2v) is 2.74. The lowest BCUT2D eigenvalue weighted by atomic mass is 10.4. The van der Waals surface area contributed by atoms with Gasteiger partial charge in [0.2, 0.25) is 0 Å². The Labute approximate surface area is 65.6 Å². The van der Waals surface area contributed by atoms with Crippen LogP contribution in [0.15, 0.2) is 0 Å². The fourth-order valence-corrected chi connectivity index (χ4v) is 0.684. The van der Waals surface area contributed by atoms with E-state index < -0.39 is 6.04 Å². The lowest BCUT2D eigenvalue weighted by Gasteiger charge is -2.06. The molecule has 1 atom stereocenters. The minimum atomic E-state index is -0.409. The van der Waals surface area contributed by atoms with Crippen LogP contribution in [-0.4, -0.2) is 18.1 Å². The normalized spacial score (nSPS) is 18.2. The summed E-state index contributed by atoms with van der Waals surface area (Å²) in [4.78, 5) is 10.9. The van der Waals surface area contributed by atoms with Crippen molar-refractivity contribution in [2.45, 2.75) is 31.8 Å². The summed E-state index contributed by atoms with van der Waals surface area (Å²) in [5, 5.41) is 13.5. The predicted octanol–water partition coefficient (Wildman–Crippen LogP) is 0.360. The number of hydrogen-bond acceptors (Lipinski definition) is 2. The van der Waals surface area contributed by atoms with Crippen LogP contribution in [0.5, 0.6) is 0 Å². The zero-order valence-corrected chi connectivity index (χ0v) is 6.42. The van der Waals surface area contributed by atoms with Gasteiger partial charge in [-0.15, -0.1) is 0 Å². The van der Waals surface area contributed by atoms with E-state index >= 15 is 0 Å². The van der Waals surface area contributed by atoms with Crippen molar-refractivity contribution in [1.29, 1.82) is 5.26 Å². The van der Waals surface area contributed by atoms with Crippen LogP contribution in [0, 0.1) is 11.3 Å². The van der Waals surface area contributed by atoms with Gasteiger partial charge in [0.15, 0.2) is 0 Å². The van der Waals surface area contributed by atoms with Crippen molar-refractivity contribution in [3.63, 3.8) is 0 Å². The predicted molar refractivity (Wildman–Crippen MR) is 39.8 cm³/mol. The van der Waals surface area contributed by atoms with Gasteiger partial charge < -0.3 is 10.6 Å². The molecule has 1 aliphatic rings. The minimum Gasteiger partial charge on any atom is -0.335 e. The second kappa shape index (κ2) is 3.24. The van der Waals surface area contributed by atoms with Gasteiger partial charge in [0, 0.05) is 6.04 Å². The molecule has 0 aliphatic heterocycles. The zero-order valence-electron chi connectivity index (χ0n) is 6.42. The summed E-state index contributed by atoms with van der Waals surface area (Å²) in [6.45, 7) is 1.65. The van der Waals surface area contributed by atoms with Crippen molar-refractivity contribution in [3.8, 4) is 6.07 Å². The Morgan fingerprint density at radius 3 is 2.82 bits per heavy atom. The Balaban J connectivity index is 2.15. The molecule has 0 radical (unpaired) electrons. The van der Waals surface area contributed by atoms with Gasteiger partial charge in [0.1, 0.15) is 6.04 Å². The van der Waals surface area contributed by atoms with Gasteiger partial charge in [0.25, 0.3) is 0 Å². The molecule has 2 amide bonds. The van der Waals surface area contributed by atoms with Crippen molar-refractivity contribution in [2.75, 3.05) is 0 Å². The number of carbonyl (C=O) groups excluding carboxylic acids is 1. The lowest BCUT2D eigenvalue weighted by Crippen LogP contribution is -2.41. The fraction of sp³-hybridized carbons (Fsp3) is 0.714. The smallest absolute Gasteiger partial charge is 0.316 e. The Bertz CT molecular complexity index is 192. The van der Waals surface area contributed by atoms with Crippen LogP contribution < -0.4 is 10.6 Å². The van der Waals surface area contributed by atoms with Gasteiger partial charge in [-0.25, -0.2) is 4.79 Å². The van der Waals surface area contributed by atoms with E-state index in [1.165, 1.54) is 0 Å². The van der Waals surface area contributed by atoms with E-state index in [2.05, 4.69) is 10.6 Å². The number of nitriles is 1. The van der Waals surface area contributed by atoms with Crippen molar-refractivity contribution in [3.05, 3.63) is 0 Å². The highest BCUT2D eigenvalue weighted by Crippen LogP contribution is 2.18. The van der Waals surface area contributed by atoms with Crippen LogP contribution in [0.2, 0.25) is 0 Å². The number of nitrogens with zero attached hydrogens (tertiary/aromatic N) is 1. The molecule has 0 bridgehead atoms. The molecule has 1 rings (SSSR count). The Hall–Kier alpha value is -1.24. The van der Waals surface area contributed by atoms with E-state index in [0.29, 0.717) is 6.04 Å². The van der Waals surface area contributed by atoms with Gasteiger partial charge in [-0.2, -0.15) is 5.26 Å². The maximum Gasteiger partial charge on any atom is 0.316 e. The summed E-state index contributed by atoms with van der Waals surface area (Å²) in [6, 6.07) is 1.62. The SMILES string of the molecule is CC(C#N)NC(=O)NC1CC1. The molecular formula is C7H11N3O. The third kappa shape index (κ3) is 2.89. The van der Waals surface area contributed by atoms with Gasteiger partial charge in [-0.1, -0.05) is 0 Å². The van der Waals surface area contributed by atoms with Crippen molar-refractivity contribution < 1.29 is 4.79 Å². The van der Waals surface area contributed by atoms with E-state index in [1.807, 2.05) is 6.07 Å². The topological polar surface area (TPSA) is 64.9 Å². The molecule has 0 aromatic carbocycles. The van der Waals surface area contributed by atoms with Crippen LogP contribution in [0.4, 0.5) is 4.79 Å². The number of nitrogens with one attached hydrogen (secondary N) is 2. The molecule has 0 aromatic heterocycles. The molecule has 0 aromatic rings. The van der Waals surface area contributed by atoms with E-state index in [1.54, 1.807) is 6.92 Å². The number of urea groups is 1. The van der Waals surface area contributed by atoms with Gasteiger partial charge in [-0.3, -0.25) is 0 Å². The summed E-state index contributed by atoms with van der Waals surface area (Å²) in [5.41, 5.74) is 0. The Kier molecular flexibility index (Phi) is 2.32. The summed E-state index contributed by atoms with van der Waals surface area (Å²) in [5.74, 6) is 0. The molecule has 1 fully saturated rings. The first-order chi connectivity index (χ1) is 5.22. The molecule has 0 spiro atoms. The summed E-state index contributed by atoms with van der Waals surface area (Å²) < 4.78 is 0. The first-order valence-corrected chi connectivity index (χ1v) is 3.69. The zero-order chi connectivity index (χ0) is 8.27. The van der Waals surface area contributed by atoms with Crippen LogP contribution >= 0.6 is 0 Å². The Morgan fingerprint density at radius 2 is 2.36 bits per heavy atom. The molecule has 1 saturated carbocycles. The van der Waals surface area contributed by atoms with Gasteiger partial charge >= 0.3 is 6.03 Å². The molecule has 0 heterocycles. The average molecular weight is 153 g/mol. The summed E-state index contributed by atoms with van der Waals surface area (Å²) >= 11 is 0.